The van der Waals surface area contributed by atoms with Crippen LogP contribution < -0.4 is 5.32 Å². The SMILES string of the molecule is C[C@@H]1CN(C2(F)C=CC(c3ccccc3)=CC2)CCN1. The summed E-state index contributed by atoms with van der Waals surface area (Å²) < 4.78 is 15.1. The van der Waals surface area contributed by atoms with Crippen LogP contribution in [0.2, 0.25) is 0 Å². The Morgan fingerprint density at radius 3 is 2.75 bits per heavy atom. The van der Waals surface area contributed by atoms with Crippen LogP contribution in [0, 0.1) is 0 Å². The summed E-state index contributed by atoms with van der Waals surface area (Å²) in [5.74, 6) is -1.32. The second-order valence-corrected chi connectivity index (χ2v) is 5.68. The van der Waals surface area contributed by atoms with Gasteiger partial charge in [0.1, 0.15) is 0 Å². The van der Waals surface area contributed by atoms with Gasteiger partial charge in [0.05, 0.1) is 0 Å². The van der Waals surface area contributed by atoms with Gasteiger partial charge in [0.2, 0.25) is 0 Å². The van der Waals surface area contributed by atoms with Crippen LogP contribution in [0.15, 0.2) is 48.6 Å². The minimum Gasteiger partial charge on any atom is -0.312 e. The Kier molecular flexibility index (Phi) is 3.72. The summed E-state index contributed by atoms with van der Waals surface area (Å²) in [5.41, 5.74) is 2.27. The standard InChI is InChI=1S/C17H21FN2/c1-14-13-20(12-11-19-14)17(18)9-7-16(8-10-17)15-5-3-2-4-6-15/h2-9,14,19H,10-13H2,1H3/t14-,17?/m1/s1. The molecule has 0 amide bonds. The Morgan fingerprint density at radius 2 is 2.10 bits per heavy atom. The number of benzene rings is 1. The molecule has 20 heavy (non-hydrogen) atoms. The van der Waals surface area contributed by atoms with Gasteiger partial charge in [-0.1, -0.05) is 42.5 Å². The summed E-state index contributed by atoms with van der Waals surface area (Å²) >= 11 is 0. The lowest BCUT2D eigenvalue weighted by molar-refractivity contribution is -0.00758. The smallest absolute Gasteiger partial charge is 0.186 e. The molecular weight excluding hydrogens is 251 g/mol. The van der Waals surface area contributed by atoms with Crippen LogP contribution >= 0.6 is 0 Å². The highest BCUT2D eigenvalue weighted by Gasteiger charge is 2.36. The maximum absolute atomic E-state index is 15.1. The highest BCUT2D eigenvalue weighted by Crippen LogP contribution is 2.32. The third kappa shape index (κ3) is 2.69. The lowest BCUT2D eigenvalue weighted by Crippen LogP contribution is -2.56. The fourth-order valence-electron chi connectivity index (χ4n) is 2.96. The Labute approximate surface area is 120 Å². The largest absolute Gasteiger partial charge is 0.312 e. The van der Waals surface area contributed by atoms with E-state index in [1.54, 1.807) is 6.08 Å². The Hall–Kier alpha value is -1.45. The van der Waals surface area contributed by atoms with E-state index in [9.17, 15) is 0 Å². The van der Waals surface area contributed by atoms with Crippen molar-refractivity contribution in [3.05, 3.63) is 54.1 Å². The molecule has 1 aromatic rings. The Balaban J connectivity index is 1.74. The molecular formula is C17H21FN2. The first-order chi connectivity index (χ1) is 9.67. The predicted molar refractivity (Wildman–Crippen MR) is 81.1 cm³/mol. The number of halogens is 1. The van der Waals surface area contributed by atoms with E-state index in [-0.39, 0.29) is 0 Å². The van der Waals surface area contributed by atoms with Gasteiger partial charge in [-0.2, -0.15) is 0 Å². The van der Waals surface area contributed by atoms with Crippen LogP contribution in [0.5, 0.6) is 0 Å². The minimum atomic E-state index is -1.32. The zero-order valence-corrected chi connectivity index (χ0v) is 11.8. The highest BCUT2D eigenvalue weighted by atomic mass is 19.1. The van der Waals surface area contributed by atoms with Crippen molar-refractivity contribution in [2.24, 2.45) is 0 Å². The van der Waals surface area contributed by atoms with E-state index in [4.69, 9.17) is 0 Å². The molecule has 0 saturated carbocycles. The molecule has 3 heteroatoms. The van der Waals surface area contributed by atoms with Gasteiger partial charge in [-0.05, 0) is 24.1 Å². The Bertz CT molecular complexity index is 523. The molecule has 1 heterocycles. The molecule has 1 unspecified atom stereocenters. The fraction of sp³-hybridized carbons (Fsp3) is 0.412. The molecule has 1 N–H and O–H groups in total. The number of hydrogen-bond acceptors (Lipinski definition) is 2. The summed E-state index contributed by atoms with van der Waals surface area (Å²) in [6.45, 7) is 4.48. The number of hydrogen-bond donors (Lipinski definition) is 1. The molecule has 1 aliphatic heterocycles. The zero-order valence-electron chi connectivity index (χ0n) is 11.8. The van der Waals surface area contributed by atoms with Crippen LogP contribution in [0.3, 0.4) is 0 Å². The summed E-state index contributed by atoms with van der Waals surface area (Å²) in [6, 6.07) is 10.5. The van der Waals surface area contributed by atoms with E-state index in [2.05, 4.69) is 24.4 Å². The second-order valence-electron chi connectivity index (χ2n) is 5.68. The van der Waals surface area contributed by atoms with Crippen molar-refractivity contribution in [1.82, 2.24) is 10.2 Å². The van der Waals surface area contributed by atoms with Gasteiger partial charge < -0.3 is 5.32 Å². The second kappa shape index (κ2) is 5.51. The van der Waals surface area contributed by atoms with Crippen LogP contribution in [0.25, 0.3) is 5.57 Å². The van der Waals surface area contributed by atoms with Crippen molar-refractivity contribution >= 4 is 5.57 Å². The van der Waals surface area contributed by atoms with Crippen molar-refractivity contribution < 1.29 is 4.39 Å². The summed E-state index contributed by atoms with van der Waals surface area (Å²) in [4.78, 5) is 1.95. The summed E-state index contributed by atoms with van der Waals surface area (Å²) in [7, 11) is 0. The number of nitrogens with one attached hydrogen (secondary N) is 1. The third-order valence-corrected chi connectivity index (χ3v) is 4.13. The molecule has 2 aliphatic rings. The monoisotopic (exact) mass is 272 g/mol. The number of piperazine rings is 1. The molecule has 1 aromatic carbocycles. The first kappa shape index (κ1) is 13.5. The van der Waals surface area contributed by atoms with Crippen LogP contribution in [0.1, 0.15) is 18.9 Å². The van der Waals surface area contributed by atoms with E-state index >= 15 is 4.39 Å². The molecule has 1 fully saturated rings. The number of rotatable bonds is 2. The molecule has 1 aliphatic carbocycles. The van der Waals surface area contributed by atoms with Gasteiger partial charge >= 0.3 is 0 Å². The van der Waals surface area contributed by atoms with Gasteiger partial charge in [-0.15, -0.1) is 0 Å². The van der Waals surface area contributed by atoms with Gasteiger partial charge in [-0.25, -0.2) is 4.39 Å². The molecule has 0 radical (unpaired) electrons. The minimum absolute atomic E-state index is 0.351. The molecule has 2 nitrogen and oxygen atoms in total. The lowest BCUT2D eigenvalue weighted by atomic mass is 9.94. The zero-order chi connectivity index (χ0) is 14.0. The molecule has 2 atom stereocenters. The molecule has 3 rings (SSSR count). The Morgan fingerprint density at radius 1 is 1.30 bits per heavy atom. The van der Waals surface area contributed by atoms with Gasteiger partial charge in [0, 0.05) is 32.1 Å². The molecule has 0 bridgehead atoms. The number of allylic oxidation sites excluding steroid dienone is 2. The fourth-order valence-corrected chi connectivity index (χ4v) is 2.96. The third-order valence-electron chi connectivity index (χ3n) is 4.13. The van der Waals surface area contributed by atoms with Crippen molar-refractivity contribution in [3.63, 3.8) is 0 Å². The normalized spacial score (nSPS) is 31.1. The maximum atomic E-state index is 15.1. The summed E-state index contributed by atoms with van der Waals surface area (Å²) in [6.07, 6.45) is 6.10. The maximum Gasteiger partial charge on any atom is 0.186 e. The van der Waals surface area contributed by atoms with Gasteiger partial charge in [0.15, 0.2) is 5.79 Å². The highest BCUT2D eigenvalue weighted by molar-refractivity contribution is 5.75. The van der Waals surface area contributed by atoms with E-state index < -0.39 is 5.79 Å². The van der Waals surface area contributed by atoms with Crippen LogP contribution in [-0.2, 0) is 0 Å². The average molecular weight is 272 g/mol. The van der Waals surface area contributed by atoms with Crippen molar-refractivity contribution in [2.75, 3.05) is 19.6 Å². The van der Waals surface area contributed by atoms with E-state index in [1.807, 2.05) is 35.3 Å². The van der Waals surface area contributed by atoms with E-state index in [1.165, 1.54) is 0 Å². The van der Waals surface area contributed by atoms with Gasteiger partial charge in [-0.3, -0.25) is 4.90 Å². The topological polar surface area (TPSA) is 15.3 Å². The molecule has 0 spiro atoms. The molecule has 106 valence electrons. The van der Waals surface area contributed by atoms with Crippen molar-refractivity contribution in [1.29, 1.82) is 0 Å². The molecule has 1 saturated heterocycles. The first-order valence-corrected chi connectivity index (χ1v) is 7.29. The van der Waals surface area contributed by atoms with E-state index in [0.29, 0.717) is 12.5 Å². The molecule has 0 aromatic heterocycles. The van der Waals surface area contributed by atoms with Crippen molar-refractivity contribution in [3.8, 4) is 0 Å². The predicted octanol–water partition coefficient (Wildman–Crippen LogP) is 2.99. The van der Waals surface area contributed by atoms with Crippen molar-refractivity contribution in [2.45, 2.75) is 25.2 Å². The number of nitrogens with zero attached hydrogens (tertiary/aromatic N) is 1. The number of alkyl halides is 1. The van der Waals surface area contributed by atoms with E-state index in [0.717, 1.165) is 30.8 Å². The van der Waals surface area contributed by atoms with Gasteiger partial charge in [0.25, 0.3) is 0 Å². The average Bonchev–Trinajstić information content (AvgIpc) is 2.49. The first-order valence-electron chi connectivity index (χ1n) is 7.29. The summed E-state index contributed by atoms with van der Waals surface area (Å²) in [5, 5.41) is 3.36. The quantitative estimate of drug-likeness (QED) is 0.833. The van der Waals surface area contributed by atoms with Crippen LogP contribution in [-0.4, -0.2) is 36.4 Å². The van der Waals surface area contributed by atoms with Crippen LogP contribution in [0.4, 0.5) is 4.39 Å². The lowest BCUT2D eigenvalue weighted by Gasteiger charge is -2.41.